The average Bonchev–Trinajstić information content (AvgIpc) is 2.65. The molecule has 0 aliphatic carbocycles. The van der Waals surface area contributed by atoms with Gasteiger partial charge in [-0.2, -0.15) is 5.10 Å². The Morgan fingerprint density at radius 2 is 2.25 bits per heavy atom. The summed E-state index contributed by atoms with van der Waals surface area (Å²) in [5, 5.41) is 7.45. The molecule has 16 heavy (non-hydrogen) atoms. The topological polar surface area (TPSA) is 74.8 Å². The third kappa shape index (κ3) is 2.46. The van der Waals surface area contributed by atoms with Crippen molar-refractivity contribution in [1.29, 1.82) is 0 Å². The molecule has 0 amide bonds. The number of alkyl halides is 1. The SMILES string of the molecule is O=S(=O)(CCI)Nc1cccc2[nH]ncc12. The van der Waals surface area contributed by atoms with Crippen LogP contribution in [-0.4, -0.2) is 28.8 Å². The molecule has 0 saturated carbocycles. The van der Waals surface area contributed by atoms with Crippen LogP contribution in [0, 0.1) is 0 Å². The molecular weight excluding hydrogens is 341 g/mol. The van der Waals surface area contributed by atoms with Crippen LogP contribution in [0.2, 0.25) is 0 Å². The number of aromatic amines is 1. The fraction of sp³-hybridized carbons (Fsp3) is 0.222. The molecule has 1 aromatic carbocycles. The Morgan fingerprint density at radius 3 is 3.00 bits per heavy atom. The number of hydrogen-bond donors (Lipinski definition) is 2. The lowest BCUT2D eigenvalue weighted by Crippen LogP contribution is -2.17. The third-order valence-corrected chi connectivity index (χ3v) is 4.64. The van der Waals surface area contributed by atoms with E-state index in [1.165, 1.54) is 0 Å². The van der Waals surface area contributed by atoms with Crippen molar-refractivity contribution in [3.05, 3.63) is 24.4 Å². The van der Waals surface area contributed by atoms with Gasteiger partial charge in [0.05, 0.1) is 23.2 Å². The van der Waals surface area contributed by atoms with Gasteiger partial charge in [0.25, 0.3) is 0 Å². The van der Waals surface area contributed by atoms with E-state index in [9.17, 15) is 8.42 Å². The van der Waals surface area contributed by atoms with Crippen molar-refractivity contribution in [3.8, 4) is 0 Å². The lowest BCUT2D eigenvalue weighted by molar-refractivity contribution is 0.603. The van der Waals surface area contributed by atoms with Gasteiger partial charge in [0.1, 0.15) is 0 Å². The molecule has 2 rings (SSSR count). The van der Waals surface area contributed by atoms with Gasteiger partial charge in [0.2, 0.25) is 10.0 Å². The first-order valence-electron chi connectivity index (χ1n) is 4.61. The van der Waals surface area contributed by atoms with Crippen LogP contribution in [0.5, 0.6) is 0 Å². The minimum atomic E-state index is -3.25. The molecule has 0 aliphatic rings. The molecule has 2 aromatic rings. The molecule has 0 atom stereocenters. The van der Waals surface area contributed by atoms with Crippen LogP contribution >= 0.6 is 22.6 Å². The monoisotopic (exact) mass is 351 g/mol. The van der Waals surface area contributed by atoms with E-state index < -0.39 is 10.0 Å². The summed E-state index contributed by atoms with van der Waals surface area (Å²) < 4.78 is 26.4. The lowest BCUT2D eigenvalue weighted by Gasteiger charge is -2.07. The highest BCUT2D eigenvalue weighted by Gasteiger charge is 2.11. The molecule has 0 aliphatic heterocycles. The number of sulfonamides is 1. The zero-order chi connectivity index (χ0) is 11.6. The molecule has 1 heterocycles. The van der Waals surface area contributed by atoms with E-state index in [2.05, 4.69) is 14.9 Å². The zero-order valence-electron chi connectivity index (χ0n) is 8.27. The number of hydrogen-bond acceptors (Lipinski definition) is 3. The predicted octanol–water partition coefficient (Wildman–Crippen LogP) is 1.74. The van der Waals surface area contributed by atoms with Gasteiger partial charge in [0, 0.05) is 9.81 Å². The highest BCUT2D eigenvalue weighted by Crippen LogP contribution is 2.22. The van der Waals surface area contributed by atoms with Gasteiger partial charge in [-0.1, -0.05) is 28.7 Å². The number of rotatable bonds is 4. The van der Waals surface area contributed by atoms with E-state index in [1.807, 2.05) is 28.7 Å². The van der Waals surface area contributed by atoms with Crippen LogP contribution in [0.1, 0.15) is 0 Å². The summed E-state index contributed by atoms with van der Waals surface area (Å²) in [5.74, 6) is 0.113. The summed E-state index contributed by atoms with van der Waals surface area (Å²) in [6, 6.07) is 5.35. The normalized spacial score (nSPS) is 11.8. The second kappa shape index (κ2) is 4.58. The second-order valence-corrected chi connectivity index (χ2v) is 6.17. The van der Waals surface area contributed by atoms with Crippen molar-refractivity contribution in [2.24, 2.45) is 0 Å². The number of H-pyrrole nitrogens is 1. The molecule has 86 valence electrons. The standard InChI is InChI=1S/C9H10IN3O2S/c10-4-5-16(14,15)13-9-3-1-2-8-7(9)6-11-12-8/h1-3,6,13H,4-5H2,(H,11,12). The Hall–Kier alpha value is -0.830. The fourth-order valence-corrected chi connectivity index (χ4v) is 3.93. The molecule has 0 bridgehead atoms. The molecule has 5 nitrogen and oxygen atoms in total. The lowest BCUT2D eigenvalue weighted by atomic mass is 10.2. The molecule has 0 saturated heterocycles. The van der Waals surface area contributed by atoms with Crippen molar-refractivity contribution in [2.75, 3.05) is 14.9 Å². The van der Waals surface area contributed by atoms with Crippen molar-refractivity contribution >= 4 is 49.2 Å². The Kier molecular flexibility index (Phi) is 3.33. The summed E-state index contributed by atoms with van der Waals surface area (Å²) in [5.41, 5.74) is 1.38. The van der Waals surface area contributed by atoms with Gasteiger partial charge in [-0.15, -0.1) is 0 Å². The van der Waals surface area contributed by atoms with Crippen LogP contribution in [0.4, 0.5) is 5.69 Å². The number of anilines is 1. The number of benzene rings is 1. The summed E-state index contributed by atoms with van der Waals surface area (Å²) in [6.07, 6.45) is 1.61. The minimum absolute atomic E-state index is 0.113. The molecule has 0 spiro atoms. The smallest absolute Gasteiger partial charge is 0.233 e. The quantitative estimate of drug-likeness (QED) is 0.651. The maximum absolute atomic E-state index is 11.6. The molecular formula is C9H10IN3O2S. The molecule has 1 aromatic heterocycles. The highest BCUT2D eigenvalue weighted by molar-refractivity contribution is 14.1. The Bertz CT molecular complexity index is 594. The first kappa shape index (κ1) is 11.6. The Labute approximate surface area is 107 Å². The van der Waals surface area contributed by atoms with Gasteiger partial charge in [-0.3, -0.25) is 9.82 Å². The summed E-state index contributed by atoms with van der Waals surface area (Å²) in [4.78, 5) is 0. The fourth-order valence-electron chi connectivity index (χ4n) is 1.38. The largest absolute Gasteiger partial charge is 0.283 e. The van der Waals surface area contributed by atoms with Gasteiger partial charge in [-0.25, -0.2) is 8.42 Å². The van der Waals surface area contributed by atoms with Gasteiger partial charge in [0.15, 0.2) is 0 Å². The van der Waals surface area contributed by atoms with Crippen LogP contribution < -0.4 is 4.72 Å². The number of aromatic nitrogens is 2. The van der Waals surface area contributed by atoms with Gasteiger partial charge in [-0.05, 0) is 12.1 Å². The summed E-state index contributed by atoms with van der Waals surface area (Å²) in [7, 11) is -3.25. The van der Waals surface area contributed by atoms with Crippen molar-refractivity contribution in [2.45, 2.75) is 0 Å². The molecule has 0 radical (unpaired) electrons. The maximum Gasteiger partial charge on any atom is 0.233 e. The third-order valence-electron chi connectivity index (χ3n) is 2.10. The van der Waals surface area contributed by atoms with Gasteiger partial charge >= 0.3 is 0 Å². The molecule has 2 N–H and O–H groups in total. The van der Waals surface area contributed by atoms with Crippen LogP contribution in [0.3, 0.4) is 0 Å². The van der Waals surface area contributed by atoms with Crippen LogP contribution in [0.25, 0.3) is 10.9 Å². The second-order valence-electron chi connectivity index (χ2n) is 3.25. The van der Waals surface area contributed by atoms with E-state index in [-0.39, 0.29) is 5.75 Å². The zero-order valence-corrected chi connectivity index (χ0v) is 11.2. The Morgan fingerprint density at radius 1 is 1.44 bits per heavy atom. The molecule has 0 fully saturated rings. The average molecular weight is 351 g/mol. The van der Waals surface area contributed by atoms with E-state index in [0.29, 0.717) is 10.1 Å². The van der Waals surface area contributed by atoms with Crippen LogP contribution in [0.15, 0.2) is 24.4 Å². The predicted molar refractivity (Wildman–Crippen MR) is 72.4 cm³/mol. The number of fused-ring (bicyclic) bond motifs is 1. The van der Waals surface area contributed by atoms with Crippen molar-refractivity contribution < 1.29 is 8.42 Å². The van der Waals surface area contributed by atoms with Crippen LogP contribution in [-0.2, 0) is 10.0 Å². The number of halogens is 1. The van der Waals surface area contributed by atoms with Gasteiger partial charge < -0.3 is 0 Å². The first-order chi connectivity index (χ1) is 7.62. The minimum Gasteiger partial charge on any atom is -0.283 e. The highest BCUT2D eigenvalue weighted by atomic mass is 127. The van der Waals surface area contributed by atoms with E-state index in [0.717, 1.165) is 10.9 Å². The first-order valence-corrected chi connectivity index (χ1v) is 7.79. The number of nitrogens with zero attached hydrogens (tertiary/aromatic N) is 1. The van der Waals surface area contributed by atoms with E-state index >= 15 is 0 Å². The van der Waals surface area contributed by atoms with Crippen molar-refractivity contribution in [1.82, 2.24) is 10.2 Å². The van der Waals surface area contributed by atoms with Crippen molar-refractivity contribution in [3.63, 3.8) is 0 Å². The molecule has 0 unspecified atom stereocenters. The molecule has 7 heteroatoms. The van der Waals surface area contributed by atoms with E-state index in [1.54, 1.807) is 18.3 Å². The maximum atomic E-state index is 11.6. The number of nitrogens with one attached hydrogen (secondary N) is 2. The summed E-state index contributed by atoms with van der Waals surface area (Å²) in [6.45, 7) is 0. The summed E-state index contributed by atoms with van der Waals surface area (Å²) >= 11 is 2.03. The van der Waals surface area contributed by atoms with E-state index in [4.69, 9.17) is 0 Å². The Balaban J connectivity index is 2.38.